The van der Waals surface area contributed by atoms with Gasteiger partial charge in [0.25, 0.3) is 0 Å². The van der Waals surface area contributed by atoms with Crippen molar-refractivity contribution in [2.24, 2.45) is 57.8 Å². The lowest BCUT2D eigenvalue weighted by Gasteiger charge is -2.58. The molecule has 0 heterocycles. The van der Waals surface area contributed by atoms with Crippen LogP contribution >= 0.6 is 0 Å². The molecule has 46 heavy (non-hydrogen) atoms. The summed E-state index contributed by atoms with van der Waals surface area (Å²) >= 11 is 0. The highest BCUT2D eigenvalue weighted by molar-refractivity contribution is 5.58. The molecule has 0 bridgehead atoms. The second-order valence-corrected chi connectivity index (χ2v) is 16.2. The molecule has 0 amide bonds. The Labute approximate surface area is 284 Å². The molecule has 4 aliphatic rings. The Morgan fingerprint density at radius 3 is 2.17 bits per heavy atom. The molecule has 0 aromatic carbocycles. The van der Waals surface area contributed by atoms with Gasteiger partial charge in [0.1, 0.15) is 12.6 Å². The summed E-state index contributed by atoms with van der Waals surface area (Å²) in [7, 11) is 4.04. The van der Waals surface area contributed by atoms with Crippen LogP contribution in [0.4, 0.5) is 0 Å². The zero-order valence-electron chi connectivity index (χ0n) is 31.2. The van der Waals surface area contributed by atoms with E-state index in [0.29, 0.717) is 29.8 Å². The summed E-state index contributed by atoms with van der Waals surface area (Å²) in [5.41, 5.74) is 13.6. The molecule has 7 unspecified atom stereocenters. The molecule has 6 heteroatoms. The van der Waals surface area contributed by atoms with E-state index in [1.54, 1.807) is 5.57 Å². The first-order valence-electron chi connectivity index (χ1n) is 19.2. The van der Waals surface area contributed by atoms with E-state index in [4.69, 9.17) is 16.2 Å². The van der Waals surface area contributed by atoms with E-state index >= 15 is 0 Å². The number of methoxy groups -OCH3 is 1. The fourth-order valence-electron chi connectivity index (χ4n) is 9.99. The molecule has 0 saturated heterocycles. The summed E-state index contributed by atoms with van der Waals surface area (Å²) < 4.78 is 5.75. The van der Waals surface area contributed by atoms with Crippen molar-refractivity contribution in [2.45, 2.75) is 143 Å². The van der Waals surface area contributed by atoms with Gasteiger partial charge in [-0.05, 0) is 150 Å². The van der Waals surface area contributed by atoms with Crippen molar-refractivity contribution in [2.75, 3.05) is 40.3 Å². The number of allylic oxidation sites excluding steroid dienone is 1. The van der Waals surface area contributed by atoms with Gasteiger partial charge in [-0.1, -0.05) is 65.5 Å². The van der Waals surface area contributed by atoms with Crippen LogP contribution in [0.15, 0.2) is 11.6 Å². The normalized spacial score (nSPS) is 32.2. The molecule has 8 atom stereocenters. The number of unbranched alkanes of at least 4 members (excludes halogenated alkanes) is 2. The van der Waals surface area contributed by atoms with Gasteiger partial charge >= 0.3 is 0 Å². The molecule has 3 saturated carbocycles. The second-order valence-electron chi connectivity index (χ2n) is 16.2. The summed E-state index contributed by atoms with van der Waals surface area (Å²) in [6.07, 6.45) is 24.3. The molecule has 4 N–H and O–H groups in total. The number of nitrogens with zero attached hydrogens (tertiary/aromatic N) is 1. The molecular weight excluding hydrogens is 570 g/mol. The monoisotopic (exact) mass is 646 g/mol. The number of hydrogen-bond acceptors (Lipinski definition) is 6. The number of carbonyl (C=O) groups is 2. The molecule has 4 aliphatic carbocycles. The standard InChI is InChI=1S/C28H48O.C8H21N3.C4H6O2/c1-19(2)8-7-9-20(3)24-12-13-25-23-11-10-21-18-22(29-6)14-16-27(21,4)26(23)15-17-28(24,25)5;1-11(8-4-6-10)7-3-2-5-9;5-3-1-2-4-6/h10,19-20,22-26H,7-9,11-18H2,1-6H3;2-10H2,1H3;3-4H,1-2H2/t20-,22?,23?,24?,25?,26?,27?,28?;;/m1../s1. The quantitative estimate of drug-likeness (QED) is 0.0997. The minimum Gasteiger partial charge on any atom is -0.381 e. The molecule has 268 valence electrons. The van der Waals surface area contributed by atoms with E-state index in [-0.39, 0.29) is 0 Å². The van der Waals surface area contributed by atoms with Crippen LogP contribution in [0.2, 0.25) is 0 Å². The van der Waals surface area contributed by atoms with Crippen molar-refractivity contribution >= 4 is 12.6 Å². The Kier molecular flexibility index (Phi) is 18.9. The van der Waals surface area contributed by atoms with Gasteiger partial charge in [0, 0.05) is 20.0 Å². The number of carbonyl (C=O) groups excluding carboxylic acids is 2. The largest absolute Gasteiger partial charge is 0.381 e. The maximum atomic E-state index is 9.40. The topological polar surface area (TPSA) is 98.7 Å². The van der Waals surface area contributed by atoms with Crippen LogP contribution < -0.4 is 11.5 Å². The van der Waals surface area contributed by atoms with Crippen LogP contribution in [0.3, 0.4) is 0 Å². The number of rotatable bonds is 16. The van der Waals surface area contributed by atoms with Gasteiger partial charge in [-0.15, -0.1) is 0 Å². The van der Waals surface area contributed by atoms with Crippen LogP contribution in [0.1, 0.15) is 137 Å². The Bertz CT molecular complexity index is 885. The van der Waals surface area contributed by atoms with Gasteiger partial charge in [-0.25, -0.2) is 0 Å². The van der Waals surface area contributed by atoms with Gasteiger partial charge < -0.3 is 30.7 Å². The molecule has 0 spiro atoms. The molecule has 0 aromatic heterocycles. The molecule has 4 rings (SSSR count). The van der Waals surface area contributed by atoms with Crippen molar-refractivity contribution in [3.8, 4) is 0 Å². The highest BCUT2D eigenvalue weighted by atomic mass is 16.5. The van der Waals surface area contributed by atoms with Crippen LogP contribution in [-0.2, 0) is 14.3 Å². The van der Waals surface area contributed by atoms with E-state index in [1.807, 2.05) is 7.11 Å². The van der Waals surface area contributed by atoms with E-state index in [1.165, 1.54) is 77.0 Å². The summed E-state index contributed by atoms with van der Waals surface area (Å²) in [6, 6.07) is 0. The summed E-state index contributed by atoms with van der Waals surface area (Å²) in [4.78, 5) is 21.1. The number of aldehydes is 2. The van der Waals surface area contributed by atoms with Gasteiger partial charge in [0.2, 0.25) is 0 Å². The fourth-order valence-corrected chi connectivity index (χ4v) is 9.99. The zero-order chi connectivity index (χ0) is 34.2. The van der Waals surface area contributed by atoms with Gasteiger partial charge in [-0.3, -0.25) is 0 Å². The summed E-state index contributed by atoms with van der Waals surface area (Å²) in [5, 5.41) is 0. The predicted octanol–water partition coefficient (Wildman–Crippen LogP) is 8.21. The summed E-state index contributed by atoms with van der Waals surface area (Å²) in [5.74, 6) is 5.63. The van der Waals surface area contributed by atoms with E-state index in [9.17, 15) is 9.59 Å². The van der Waals surface area contributed by atoms with E-state index < -0.39 is 0 Å². The first-order chi connectivity index (χ1) is 22.0. The summed E-state index contributed by atoms with van der Waals surface area (Å²) in [6.45, 7) is 16.6. The average molecular weight is 646 g/mol. The van der Waals surface area contributed by atoms with Crippen LogP contribution in [0, 0.1) is 46.3 Å². The van der Waals surface area contributed by atoms with E-state index in [0.717, 1.165) is 87.1 Å². The van der Waals surface area contributed by atoms with Crippen molar-refractivity contribution in [1.82, 2.24) is 4.90 Å². The highest BCUT2D eigenvalue weighted by Gasteiger charge is 2.59. The van der Waals surface area contributed by atoms with Gasteiger partial charge in [0.05, 0.1) is 6.10 Å². The lowest BCUT2D eigenvalue weighted by Crippen LogP contribution is -2.50. The van der Waals surface area contributed by atoms with Crippen LogP contribution in [0.25, 0.3) is 0 Å². The Hall–Kier alpha value is -1.08. The van der Waals surface area contributed by atoms with Crippen molar-refractivity contribution in [3.63, 3.8) is 0 Å². The predicted molar refractivity (Wildman–Crippen MR) is 195 cm³/mol. The van der Waals surface area contributed by atoms with E-state index in [2.05, 4.69) is 52.6 Å². The third-order valence-electron chi connectivity index (χ3n) is 12.7. The highest BCUT2D eigenvalue weighted by Crippen LogP contribution is 2.67. The maximum absolute atomic E-state index is 9.40. The Balaban J connectivity index is 0.000000359. The fraction of sp³-hybridized carbons (Fsp3) is 0.900. The second kappa shape index (κ2) is 21.1. The third-order valence-corrected chi connectivity index (χ3v) is 12.7. The lowest BCUT2D eigenvalue weighted by atomic mass is 9.47. The van der Waals surface area contributed by atoms with Crippen molar-refractivity contribution in [3.05, 3.63) is 11.6 Å². The van der Waals surface area contributed by atoms with Crippen molar-refractivity contribution < 1.29 is 14.3 Å². The first kappa shape index (κ1) is 41.1. The molecule has 0 aromatic rings. The Morgan fingerprint density at radius 1 is 0.891 bits per heavy atom. The van der Waals surface area contributed by atoms with Crippen LogP contribution in [0.5, 0.6) is 0 Å². The van der Waals surface area contributed by atoms with Crippen LogP contribution in [-0.4, -0.2) is 63.9 Å². The number of hydrogen-bond donors (Lipinski definition) is 2. The molecular formula is C40H75N3O3. The minimum atomic E-state index is 0.365. The van der Waals surface area contributed by atoms with Gasteiger partial charge in [0.15, 0.2) is 0 Å². The number of ether oxygens (including phenoxy) is 1. The minimum absolute atomic E-state index is 0.365. The zero-order valence-corrected chi connectivity index (χ0v) is 31.2. The first-order valence-corrected chi connectivity index (χ1v) is 19.2. The maximum Gasteiger partial charge on any atom is 0.120 e. The lowest BCUT2D eigenvalue weighted by molar-refractivity contribution is -0.112. The smallest absolute Gasteiger partial charge is 0.120 e. The molecule has 0 aliphatic heterocycles. The number of nitrogens with two attached hydrogens (primary N) is 2. The molecule has 3 fully saturated rings. The Morgan fingerprint density at radius 2 is 1.57 bits per heavy atom. The van der Waals surface area contributed by atoms with Gasteiger partial charge in [-0.2, -0.15) is 0 Å². The SMILES string of the molecule is CN(CCCN)CCCCN.COC1CCC2(C)C(=CCC3C2CCC2(C)C3CCC2[C@H](C)CCCC(C)C)C1.O=CCCC=O. The average Bonchev–Trinajstić information content (AvgIpc) is 3.40. The molecule has 0 radical (unpaired) electrons. The number of fused-ring (bicyclic) bond motifs is 5. The van der Waals surface area contributed by atoms with Crippen molar-refractivity contribution in [1.29, 1.82) is 0 Å². The molecule has 6 nitrogen and oxygen atoms in total. The third kappa shape index (κ3) is 11.5.